The lowest BCUT2D eigenvalue weighted by molar-refractivity contribution is -0.144. The van der Waals surface area contributed by atoms with Gasteiger partial charge in [-0.1, -0.05) is 55.4 Å². The lowest BCUT2D eigenvalue weighted by atomic mass is 9.98. The Bertz CT molecular complexity index is 1080. The third-order valence-corrected chi connectivity index (χ3v) is 6.39. The molecule has 16 nitrogen and oxygen atoms in total. The summed E-state index contributed by atoms with van der Waals surface area (Å²) in [5.41, 5.74) is 5.27. The summed E-state index contributed by atoms with van der Waals surface area (Å²) >= 11 is 0. The fraction of sp³-hybridized carbons (Fsp3) is 0.714. The van der Waals surface area contributed by atoms with E-state index in [2.05, 4.69) is 26.6 Å². The number of nitrogens with one attached hydrogen (secondary N) is 5. The molecule has 5 atom stereocenters. The summed E-state index contributed by atoms with van der Waals surface area (Å²) in [7, 11) is 0. The lowest BCUT2D eigenvalue weighted by Gasteiger charge is -2.29. The van der Waals surface area contributed by atoms with Crippen molar-refractivity contribution in [2.75, 3.05) is 0 Å². The highest BCUT2D eigenvalue weighted by atomic mass is 16.4. The number of hydrogen-bond donors (Lipinski definition) is 8. The van der Waals surface area contributed by atoms with E-state index in [1.165, 1.54) is 0 Å². The molecular formula is C28H48N6O10. The molecule has 0 aromatic heterocycles. The summed E-state index contributed by atoms with van der Waals surface area (Å²) in [4.78, 5) is 99.3. The van der Waals surface area contributed by atoms with Gasteiger partial charge in [0.05, 0.1) is 12.8 Å². The lowest BCUT2D eigenvalue weighted by Crippen LogP contribution is -2.61. The summed E-state index contributed by atoms with van der Waals surface area (Å²) in [6.07, 6.45) is -1.66. The Morgan fingerprint density at radius 2 is 0.932 bits per heavy atom. The van der Waals surface area contributed by atoms with Gasteiger partial charge in [-0.15, -0.1) is 0 Å². The zero-order chi connectivity index (χ0) is 34.5. The summed E-state index contributed by atoms with van der Waals surface area (Å²) in [5.74, 6) is -9.49. The van der Waals surface area contributed by atoms with Gasteiger partial charge >= 0.3 is 11.9 Å². The molecule has 9 N–H and O–H groups in total. The molecule has 0 unspecified atom stereocenters. The average molecular weight is 629 g/mol. The molecule has 0 radical (unpaired) electrons. The van der Waals surface area contributed by atoms with Gasteiger partial charge in [0, 0.05) is 5.92 Å². The van der Waals surface area contributed by atoms with Gasteiger partial charge in [0.15, 0.2) is 0 Å². The van der Waals surface area contributed by atoms with Crippen molar-refractivity contribution in [2.45, 2.75) is 105 Å². The van der Waals surface area contributed by atoms with Gasteiger partial charge in [-0.3, -0.25) is 33.6 Å². The third-order valence-electron chi connectivity index (χ3n) is 6.39. The fourth-order valence-corrected chi connectivity index (χ4v) is 3.93. The minimum absolute atomic E-state index is 0.0241. The van der Waals surface area contributed by atoms with Gasteiger partial charge in [-0.05, 0) is 24.2 Å². The number of carboxylic acid groups (broad SMARTS) is 2. The minimum Gasteiger partial charge on any atom is -0.481 e. The van der Waals surface area contributed by atoms with Crippen molar-refractivity contribution >= 4 is 47.4 Å². The molecule has 250 valence electrons. The van der Waals surface area contributed by atoms with E-state index in [4.69, 9.17) is 5.73 Å². The van der Waals surface area contributed by atoms with Crippen molar-refractivity contribution in [1.82, 2.24) is 26.6 Å². The highest BCUT2D eigenvalue weighted by Crippen LogP contribution is 2.10. The average Bonchev–Trinajstić information content (AvgIpc) is 2.87. The number of hydrogen-bond acceptors (Lipinski definition) is 8. The predicted molar refractivity (Wildman–Crippen MR) is 157 cm³/mol. The van der Waals surface area contributed by atoms with E-state index in [1.807, 2.05) is 0 Å². The van der Waals surface area contributed by atoms with E-state index in [-0.39, 0.29) is 24.2 Å². The molecule has 16 heteroatoms. The van der Waals surface area contributed by atoms with Crippen LogP contribution in [0.2, 0.25) is 0 Å². The highest BCUT2D eigenvalue weighted by molar-refractivity contribution is 5.98. The van der Waals surface area contributed by atoms with Crippen molar-refractivity contribution in [1.29, 1.82) is 0 Å². The second-order valence-corrected chi connectivity index (χ2v) is 12.0. The van der Waals surface area contributed by atoms with Crippen LogP contribution in [0.3, 0.4) is 0 Å². The van der Waals surface area contributed by atoms with Crippen LogP contribution in [-0.2, 0) is 38.4 Å². The van der Waals surface area contributed by atoms with Crippen LogP contribution >= 0.6 is 0 Å². The van der Waals surface area contributed by atoms with Crippen molar-refractivity contribution in [3.05, 3.63) is 0 Å². The molecule has 0 bridgehead atoms. The number of carboxylic acids is 2. The Kier molecular flexibility index (Phi) is 16.7. The van der Waals surface area contributed by atoms with Gasteiger partial charge in [-0.2, -0.15) is 0 Å². The molecule has 6 amide bonds. The molecule has 0 aromatic carbocycles. The Balaban J connectivity index is 6.00. The zero-order valence-corrected chi connectivity index (χ0v) is 26.6. The first kappa shape index (κ1) is 39.8. The van der Waals surface area contributed by atoms with Crippen LogP contribution in [-0.4, -0.2) is 87.8 Å². The Morgan fingerprint density at radius 1 is 0.545 bits per heavy atom. The Morgan fingerprint density at radius 3 is 1.30 bits per heavy atom. The molecule has 0 aliphatic carbocycles. The number of primary amides is 1. The smallest absolute Gasteiger partial charge is 0.326 e. The molecule has 0 spiro atoms. The normalized spacial score (nSPS) is 14.6. The van der Waals surface area contributed by atoms with Crippen molar-refractivity contribution in [3.63, 3.8) is 0 Å². The van der Waals surface area contributed by atoms with Crippen molar-refractivity contribution in [2.24, 2.45) is 29.4 Å². The molecule has 0 saturated carbocycles. The molecule has 0 aliphatic rings. The number of aliphatic carboxylic acids is 2. The topological polar surface area (TPSA) is 263 Å². The minimum atomic E-state index is -1.77. The largest absolute Gasteiger partial charge is 0.481 e. The Labute approximate surface area is 257 Å². The van der Waals surface area contributed by atoms with Crippen molar-refractivity contribution < 1.29 is 48.6 Å². The molecule has 0 aromatic rings. The third kappa shape index (κ3) is 14.3. The number of rotatable bonds is 19. The van der Waals surface area contributed by atoms with E-state index in [1.54, 1.807) is 55.4 Å². The van der Waals surface area contributed by atoms with Crippen LogP contribution in [0.1, 0.15) is 74.7 Å². The monoisotopic (exact) mass is 628 g/mol. The van der Waals surface area contributed by atoms with Gasteiger partial charge in [0.1, 0.15) is 30.2 Å². The first-order valence-electron chi connectivity index (χ1n) is 14.4. The molecule has 0 fully saturated rings. The second-order valence-electron chi connectivity index (χ2n) is 12.0. The quantitative estimate of drug-likeness (QED) is 0.0852. The first-order valence-corrected chi connectivity index (χ1v) is 14.4. The second kappa shape index (κ2) is 18.4. The fourth-order valence-electron chi connectivity index (χ4n) is 3.93. The molecule has 0 saturated heterocycles. The zero-order valence-electron chi connectivity index (χ0n) is 26.6. The van der Waals surface area contributed by atoms with Gasteiger partial charge in [-0.25, -0.2) is 4.79 Å². The van der Waals surface area contributed by atoms with Crippen LogP contribution < -0.4 is 32.3 Å². The van der Waals surface area contributed by atoms with Gasteiger partial charge in [0.25, 0.3) is 0 Å². The maximum atomic E-state index is 13.3. The molecule has 0 aliphatic heterocycles. The van der Waals surface area contributed by atoms with E-state index in [9.17, 15) is 48.6 Å². The summed E-state index contributed by atoms with van der Waals surface area (Å²) in [5, 5.41) is 30.6. The molecule has 0 heterocycles. The van der Waals surface area contributed by atoms with Crippen LogP contribution in [0, 0.1) is 23.7 Å². The van der Waals surface area contributed by atoms with Gasteiger partial charge < -0.3 is 42.5 Å². The molecule has 0 rings (SSSR count). The van der Waals surface area contributed by atoms with E-state index in [0.717, 1.165) is 0 Å². The van der Waals surface area contributed by atoms with E-state index in [0.29, 0.717) is 0 Å². The first-order chi connectivity index (χ1) is 20.2. The summed E-state index contributed by atoms with van der Waals surface area (Å²) in [6, 6.07) is -7.04. The van der Waals surface area contributed by atoms with Crippen LogP contribution in [0.25, 0.3) is 0 Å². The molecular weight excluding hydrogens is 580 g/mol. The van der Waals surface area contributed by atoms with Crippen LogP contribution in [0.4, 0.5) is 0 Å². The van der Waals surface area contributed by atoms with Crippen LogP contribution in [0.5, 0.6) is 0 Å². The Hall–Kier alpha value is -4.24. The van der Waals surface area contributed by atoms with Gasteiger partial charge in [0.2, 0.25) is 35.4 Å². The molecule has 44 heavy (non-hydrogen) atoms. The number of carbonyl (C=O) groups is 8. The number of carbonyl (C=O) groups excluding carboxylic acids is 6. The van der Waals surface area contributed by atoms with Crippen LogP contribution in [0.15, 0.2) is 0 Å². The summed E-state index contributed by atoms with van der Waals surface area (Å²) < 4.78 is 0. The maximum absolute atomic E-state index is 13.3. The predicted octanol–water partition coefficient (Wildman–Crippen LogP) is -1.14. The van der Waals surface area contributed by atoms with E-state index < -0.39 is 96.4 Å². The number of nitrogens with two attached hydrogens (primary N) is 1. The number of amides is 6. The van der Waals surface area contributed by atoms with Crippen molar-refractivity contribution in [3.8, 4) is 0 Å². The maximum Gasteiger partial charge on any atom is 0.326 e. The summed E-state index contributed by atoms with van der Waals surface area (Å²) in [6.45, 7) is 13.4. The van der Waals surface area contributed by atoms with E-state index >= 15 is 0 Å². The standard InChI is InChI=1S/C28H48N6O10/c1-12(2)9-18(28(43)44)32-25(40)17(11-20(36)37)30-24(39)16(10-19(29)35)31-26(41)21(13(3)4)34-27(42)22(14(5)6)33-23(38)15(7)8/h12-18,21-22H,9-11H2,1-8H3,(H2,29,35)(H,30,39)(H,31,41)(H,32,40)(H,33,38)(H,34,42)(H,36,37)(H,43,44)/t16-,17-,18-,21-,22-/m0/s1. The highest BCUT2D eigenvalue weighted by Gasteiger charge is 2.35. The SMILES string of the molecule is CC(C)C[C@H](NC(=O)[C@H](CC(=O)O)NC(=O)[C@H](CC(N)=O)NC(=O)[C@@H](NC(=O)[C@@H](NC(=O)C(C)C)C(C)C)C(C)C)C(=O)O.